The predicted octanol–water partition coefficient (Wildman–Crippen LogP) is 3.57. The van der Waals surface area contributed by atoms with Gasteiger partial charge in [-0.25, -0.2) is 15.0 Å². The SMILES string of the molecule is COc1cc(NC(=O)c2csc(Nc3nc(C)cc(C)n3)n2)cc(OC)c1OC. The van der Waals surface area contributed by atoms with Crippen molar-refractivity contribution in [3.63, 3.8) is 0 Å². The molecule has 2 aromatic heterocycles. The Bertz CT molecular complexity index is 992. The van der Waals surface area contributed by atoms with Crippen molar-refractivity contribution in [2.45, 2.75) is 13.8 Å². The Kier molecular flexibility index (Phi) is 6.13. The smallest absolute Gasteiger partial charge is 0.275 e. The van der Waals surface area contributed by atoms with Crippen LogP contribution in [0.3, 0.4) is 0 Å². The van der Waals surface area contributed by atoms with Crippen LogP contribution >= 0.6 is 11.3 Å². The third-order valence-electron chi connectivity index (χ3n) is 3.86. The Morgan fingerprint density at radius 2 is 1.55 bits per heavy atom. The highest BCUT2D eigenvalue weighted by Gasteiger charge is 2.17. The molecule has 3 aromatic rings. The van der Waals surface area contributed by atoms with E-state index in [1.165, 1.54) is 32.7 Å². The van der Waals surface area contributed by atoms with Crippen LogP contribution < -0.4 is 24.8 Å². The number of nitrogens with zero attached hydrogens (tertiary/aromatic N) is 3. The number of aromatic nitrogens is 3. The van der Waals surface area contributed by atoms with Crippen LogP contribution in [0, 0.1) is 13.8 Å². The van der Waals surface area contributed by atoms with Crippen molar-refractivity contribution < 1.29 is 19.0 Å². The molecule has 3 rings (SSSR count). The Labute approximate surface area is 172 Å². The number of anilines is 3. The van der Waals surface area contributed by atoms with Crippen LogP contribution in [0.25, 0.3) is 0 Å². The first-order valence-electron chi connectivity index (χ1n) is 8.59. The molecular formula is C19H21N5O4S. The van der Waals surface area contributed by atoms with Gasteiger partial charge in [0, 0.05) is 34.6 Å². The standard InChI is InChI=1S/C19H21N5O4S/c1-10-6-11(2)21-18(20-10)24-19-23-13(9-29-19)17(25)22-12-7-14(26-3)16(28-5)15(8-12)27-4/h6-9H,1-5H3,(H,22,25)(H,20,21,23,24). The fraction of sp³-hybridized carbons (Fsp3) is 0.263. The van der Waals surface area contributed by atoms with Gasteiger partial charge in [0.25, 0.3) is 5.91 Å². The molecule has 0 aliphatic rings. The Balaban J connectivity index is 1.77. The first-order valence-corrected chi connectivity index (χ1v) is 9.47. The number of ether oxygens (including phenoxy) is 3. The van der Waals surface area contributed by atoms with Gasteiger partial charge in [0.1, 0.15) is 5.69 Å². The van der Waals surface area contributed by atoms with E-state index in [1.54, 1.807) is 17.5 Å². The van der Waals surface area contributed by atoms with Gasteiger partial charge in [0.2, 0.25) is 11.7 Å². The van der Waals surface area contributed by atoms with Crippen molar-refractivity contribution in [2.75, 3.05) is 32.0 Å². The molecule has 0 spiro atoms. The second kappa shape index (κ2) is 8.74. The van der Waals surface area contributed by atoms with Gasteiger partial charge in [-0.15, -0.1) is 11.3 Å². The number of thiazole rings is 1. The maximum atomic E-state index is 12.6. The minimum atomic E-state index is -0.370. The number of benzene rings is 1. The molecular weight excluding hydrogens is 394 g/mol. The number of rotatable bonds is 7. The van der Waals surface area contributed by atoms with Gasteiger partial charge >= 0.3 is 0 Å². The summed E-state index contributed by atoms with van der Waals surface area (Å²) < 4.78 is 15.9. The molecule has 0 aliphatic carbocycles. The summed E-state index contributed by atoms with van der Waals surface area (Å²) in [7, 11) is 4.54. The van der Waals surface area contributed by atoms with Crippen LogP contribution in [0.2, 0.25) is 0 Å². The van der Waals surface area contributed by atoms with Gasteiger partial charge in [-0.05, 0) is 19.9 Å². The largest absolute Gasteiger partial charge is 0.493 e. The van der Waals surface area contributed by atoms with Crippen LogP contribution in [-0.2, 0) is 0 Å². The highest BCUT2D eigenvalue weighted by Crippen LogP contribution is 2.40. The monoisotopic (exact) mass is 415 g/mol. The molecule has 0 fully saturated rings. The number of hydrogen-bond acceptors (Lipinski definition) is 9. The molecule has 10 heteroatoms. The van der Waals surface area contributed by atoms with E-state index in [1.807, 2.05) is 19.9 Å². The average Bonchev–Trinajstić information content (AvgIpc) is 3.14. The van der Waals surface area contributed by atoms with E-state index in [4.69, 9.17) is 14.2 Å². The summed E-state index contributed by atoms with van der Waals surface area (Å²) in [6, 6.07) is 5.17. The molecule has 0 saturated heterocycles. The fourth-order valence-electron chi connectivity index (χ4n) is 2.66. The van der Waals surface area contributed by atoms with Gasteiger partial charge in [-0.1, -0.05) is 0 Å². The number of nitrogens with one attached hydrogen (secondary N) is 2. The molecule has 29 heavy (non-hydrogen) atoms. The Morgan fingerprint density at radius 3 is 2.10 bits per heavy atom. The molecule has 0 bridgehead atoms. The van der Waals surface area contributed by atoms with E-state index in [0.29, 0.717) is 34.0 Å². The number of carbonyl (C=O) groups is 1. The van der Waals surface area contributed by atoms with Gasteiger partial charge in [0.05, 0.1) is 21.3 Å². The van der Waals surface area contributed by atoms with Gasteiger partial charge in [0.15, 0.2) is 16.6 Å². The van der Waals surface area contributed by atoms with Crippen molar-refractivity contribution in [1.29, 1.82) is 0 Å². The number of methoxy groups -OCH3 is 3. The lowest BCUT2D eigenvalue weighted by molar-refractivity contribution is 0.102. The van der Waals surface area contributed by atoms with E-state index in [9.17, 15) is 4.79 Å². The predicted molar refractivity (Wildman–Crippen MR) is 111 cm³/mol. The zero-order chi connectivity index (χ0) is 21.0. The lowest BCUT2D eigenvalue weighted by Gasteiger charge is -2.14. The lowest BCUT2D eigenvalue weighted by Crippen LogP contribution is -2.13. The number of amides is 1. The van der Waals surface area contributed by atoms with Gasteiger partial charge in [-0.3, -0.25) is 4.79 Å². The minimum Gasteiger partial charge on any atom is -0.493 e. The van der Waals surface area contributed by atoms with Crippen molar-refractivity contribution in [3.05, 3.63) is 40.7 Å². The maximum Gasteiger partial charge on any atom is 0.275 e. The van der Waals surface area contributed by atoms with Gasteiger partial charge < -0.3 is 24.8 Å². The molecule has 152 valence electrons. The first kappa shape index (κ1) is 20.3. The lowest BCUT2D eigenvalue weighted by atomic mass is 10.2. The summed E-state index contributed by atoms with van der Waals surface area (Å²) in [4.78, 5) is 25.5. The van der Waals surface area contributed by atoms with Crippen LogP contribution in [0.15, 0.2) is 23.6 Å². The van der Waals surface area contributed by atoms with Crippen molar-refractivity contribution in [2.24, 2.45) is 0 Å². The summed E-state index contributed by atoms with van der Waals surface area (Å²) in [5.74, 6) is 1.39. The number of aryl methyl sites for hydroxylation is 2. The summed E-state index contributed by atoms with van der Waals surface area (Å²) in [6.45, 7) is 3.77. The van der Waals surface area contributed by atoms with Crippen LogP contribution in [0.5, 0.6) is 17.2 Å². The third-order valence-corrected chi connectivity index (χ3v) is 4.62. The molecule has 2 heterocycles. The zero-order valence-corrected chi connectivity index (χ0v) is 17.5. The van der Waals surface area contributed by atoms with Crippen molar-refractivity contribution in [1.82, 2.24) is 15.0 Å². The molecule has 2 N–H and O–H groups in total. The molecule has 1 amide bonds. The Morgan fingerprint density at radius 1 is 0.931 bits per heavy atom. The number of carbonyl (C=O) groups excluding carboxylic acids is 1. The summed E-state index contributed by atoms with van der Waals surface area (Å²) in [6.07, 6.45) is 0. The van der Waals surface area contributed by atoms with E-state index < -0.39 is 0 Å². The highest BCUT2D eigenvalue weighted by molar-refractivity contribution is 7.14. The molecule has 9 nitrogen and oxygen atoms in total. The van der Waals surface area contributed by atoms with E-state index >= 15 is 0 Å². The van der Waals surface area contributed by atoms with E-state index in [2.05, 4.69) is 25.6 Å². The molecule has 0 atom stereocenters. The summed E-state index contributed by atoms with van der Waals surface area (Å²) in [5.41, 5.74) is 2.44. The van der Waals surface area contributed by atoms with E-state index in [-0.39, 0.29) is 11.6 Å². The summed E-state index contributed by atoms with van der Waals surface area (Å²) in [5, 5.41) is 7.98. The van der Waals surface area contributed by atoms with Crippen molar-refractivity contribution >= 4 is 34.0 Å². The first-order chi connectivity index (χ1) is 13.9. The third kappa shape index (κ3) is 4.72. The minimum absolute atomic E-state index is 0.260. The second-order valence-electron chi connectivity index (χ2n) is 6.01. The molecule has 0 radical (unpaired) electrons. The van der Waals surface area contributed by atoms with Crippen LogP contribution in [0.1, 0.15) is 21.9 Å². The van der Waals surface area contributed by atoms with Gasteiger partial charge in [-0.2, -0.15) is 0 Å². The van der Waals surface area contributed by atoms with E-state index in [0.717, 1.165) is 11.4 Å². The summed E-state index contributed by atoms with van der Waals surface area (Å²) >= 11 is 1.28. The second-order valence-corrected chi connectivity index (χ2v) is 6.86. The molecule has 0 saturated carbocycles. The van der Waals surface area contributed by atoms with Crippen LogP contribution in [-0.4, -0.2) is 42.2 Å². The normalized spacial score (nSPS) is 10.4. The molecule has 0 aliphatic heterocycles. The molecule has 0 unspecified atom stereocenters. The van der Waals surface area contributed by atoms with Crippen molar-refractivity contribution in [3.8, 4) is 17.2 Å². The number of hydrogen-bond donors (Lipinski definition) is 2. The highest BCUT2D eigenvalue weighted by atomic mass is 32.1. The molecule has 1 aromatic carbocycles. The zero-order valence-electron chi connectivity index (χ0n) is 16.7. The Hall–Kier alpha value is -3.40. The average molecular weight is 415 g/mol. The fourth-order valence-corrected chi connectivity index (χ4v) is 3.35. The quantitative estimate of drug-likeness (QED) is 0.603. The van der Waals surface area contributed by atoms with Crippen LogP contribution in [0.4, 0.5) is 16.8 Å². The maximum absolute atomic E-state index is 12.6. The topological polar surface area (TPSA) is 107 Å².